The Hall–Kier alpha value is 0.230. The first-order chi connectivity index (χ1) is 10.1. The number of piperidine rings is 1. The number of rotatable bonds is 3. The first-order valence-corrected chi connectivity index (χ1v) is 9.93. The van der Waals surface area contributed by atoms with E-state index in [9.17, 15) is 5.11 Å². The minimum absolute atomic E-state index is 0.0815. The van der Waals surface area contributed by atoms with Gasteiger partial charge in [0.2, 0.25) is 0 Å². The quantitative estimate of drug-likeness (QED) is 0.840. The zero-order valence-electron chi connectivity index (χ0n) is 13.4. The molecule has 3 heterocycles. The average molecular weight is 314 g/mol. The molecule has 21 heavy (non-hydrogen) atoms. The molecule has 3 unspecified atom stereocenters. The van der Waals surface area contributed by atoms with Crippen molar-refractivity contribution in [3.63, 3.8) is 0 Å². The lowest BCUT2D eigenvalue weighted by Gasteiger charge is -2.48. The molecule has 3 atom stereocenters. The first-order valence-electron chi connectivity index (χ1n) is 8.77. The van der Waals surface area contributed by atoms with Crippen LogP contribution in [-0.2, 0) is 4.74 Å². The molecule has 3 saturated heterocycles. The summed E-state index contributed by atoms with van der Waals surface area (Å²) in [4.78, 5) is 0. The molecule has 0 aromatic heterocycles. The topological polar surface area (TPSA) is 41.5 Å². The second-order valence-corrected chi connectivity index (χ2v) is 8.77. The maximum Gasteiger partial charge on any atom is 0.0702 e. The fourth-order valence-corrected chi connectivity index (χ4v) is 5.65. The lowest BCUT2D eigenvalue weighted by atomic mass is 9.72. The van der Waals surface area contributed by atoms with Crippen LogP contribution in [0.5, 0.6) is 0 Å². The predicted molar refractivity (Wildman–Crippen MR) is 88.8 cm³/mol. The molecule has 3 aliphatic rings. The van der Waals surface area contributed by atoms with E-state index in [1.54, 1.807) is 0 Å². The minimum Gasteiger partial charge on any atom is -0.390 e. The summed E-state index contributed by atoms with van der Waals surface area (Å²) < 4.78 is 6.18. The molecule has 3 aliphatic heterocycles. The van der Waals surface area contributed by atoms with Crippen molar-refractivity contribution in [2.45, 2.75) is 75.5 Å². The number of aliphatic hydroxyl groups is 1. The summed E-state index contributed by atoms with van der Waals surface area (Å²) in [6.07, 6.45) is 9.16. The summed E-state index contributed by atoms with van der Waals surface area (Å²) in [6.45, 7) is 4.03. The Bertz CT molecular complexity index is 330. The molecule has 1 spiro atoms. The lowest BCUT2D eigenvalue weighted by Crippen LogP contribution is -2.51. The Morgan fingerprint density at radius 3 is 2.81 bits per heavy atom. The van der Waals surface area contributed by atoms with Crippen LogP contribution in [0.15, 0.2) is 0 Å². The molecule has 2 N–H and O–H groups in total. The molecule has 0 bridgehead atoms. The van der Waals surface area contributed by atoms with Gasteiger partial charge in [-0.3, -0.25) is 0 Å². The van der Waals surface area contributed by atoms with Gasteiger partial charge in [0, 0.05) is 12.6 Å². The van der Waals surface area contributed by atoms with Crippen molar-refractivity contribution >= 4 is 11.8 Å². The molecule has 0 saturated carbocycles. The highest BCUT2D eigenvalue weighted by Crippen LogP contribution is 2.44. The number of thioether (sulfide) groups is 1. The SMILES string of the molecule is CC(O)(CC1CCCCN1)C1CCOC2(CCSCC2)C1. The van der Waals surface area contributed by atoms with Crippen LogP contribution in [-0.4, -0.2) is 47.0 Å². The van der Waals surface area contributed by atoms with Crippen LogP contribution >= 0.6 is 11.8 Å². The van der Waals surface area contributed by atoms with Gasteiger partial charge < -0.3 is 15.2 Å². The van der Waals surface area contributed by atoms with Gasteiger partial charge in [0.15, 0.2) is 0 Å². The van der Waals surface area contributed by atoms with Crippen molar-refractivity contribution < 1.29 is 9.84 Å². The van der Waals surface area contributed by atoms with E-state index in [0.29, 0.717) is 12.0 Å². The maximum absolute atomic E-state index is 11.1. The van der Waals surface area contributed by atoms with Crippen molar-refractivity contribution in [2.75, 3.05) is 24.7 Å². The molecule has 0 radical (unpaired) electrons. The zero-order valence-corrected chi connectivity index (χ0v) is 14.2. The second-order valence-electron chi connectivity index (χ2n) is 7.54. The third-order valence-electron chi connectivity index (χ3n) is 5.85. The van der Waals surface area contributed by atoms with Gasteiger partial charge in [-0.1, -0.05) is 6.42 Å². The van der Waals surface area contributed by atoms with Gasteiger partial charge in [-0.15, -0.1) is 0 Å². The van der Waals surface area contributed by atoms with Crippen molar-refractivity contribution in [1.82, 2.24) is 5.32 Å². The van der Waals surface area contributed by atoms with Crippen LogP contribution in [0.25, 0.3) is 0 Å². The molecular formula is C17H31NO2S. The molecule has 4 heteroatoms. The summed E-state index contributed by atoms with van der Waals surface area (Å²) in [7, 11) is 0. The normalized spacial score (nSPS) is 36.3. The van der Waals surface area contributed by atoms with E-state index in [1.165, 1.54) is 43.6 Å². The van der Waals surface area contributed by atoms with E-state index < -0.39 is 5.60 Å². The van der Waals surface area contributed by atoms with Crippen LogP contribution in [0.3, 0.4) is 0 Å². The molecule has 0 aromatic carbocycles. The van der Waals surface area contributed by atoms with E-state index in [2.05, 4.69) is 12.2 Å². The predicted octanol–water partition coefficient (Wildman–Crippen LogP) is 2.96. The third kappa shape index (κ3) is 3.95. The molecule has 3 fully saturated rings. The summed E-state index contributed by atoms with van der Waals surface area (Å²) >= 11 is 2.05. The second kappa shape index (κ2) is 6.77. The van der Waals surface area contributed by atoms with Crippen molar-refractivity contribution in [1.29, 1.82) is 0 Å². The molecular weight excluding hydrogens is 282 g/mol. The fourth-order valence-electron chi connectivity index (χ4n) is 4.41. The fraction of sp³-hybridized carbons (Fsp3) is 1.00. The molecule has 0 aromatic rings. The highest BCUT2D eigenvalue weighted by molar-refractivity contribution is 7.99. The van der Waals surface area contributed by atoms with Crippen LogP contribution in [0.1, 0.15) is 58.3 Å². The summed E-state index contributed by atoms with van der Waals surface area (Å²) in [5, 5.41) is 14.7. The Kier molecular flexibility index (Phi) is 5.19. The monoisotopic (exact) mass is 313 g/mol. The van der Waals surface area contributed by atoms with Crippen molar-refractivity contribution in [3.05, 3.63) is 0 Å². The van der Waals surface area contributed by atoms with Crippen molar-refractivity contribution in [2.24, 2.45) is 5.92 Å². The lowest BCUT2D eigenvalue weighted by molar-refractivity contribution is -0.145. The number of nitrogens with one attached hydrogen (secondary N) is 1. The van der Waals surface area contributed by atoms with Crippen LogP contribution < -0.4 is 5.32 Å². The molecule has 0 amide bonds. The van der Waals surface area contributed by atoms with Crippen molar-refractivity contribution in [3.8, 4) is 0 Å². The van der Waals surface area contributed by atoms with Gasteiger partial charge in [0.05, 0.1) is 11.2 Å². The van der Waals surface area contributed by atoms with Crippen LogP contribution in [0.4, 0.5) is 0 Å². The van der Waals surface area contributed by atoms with Gasteiger partial charge in [-0.25, -0.2) is 0 Å². The highest BCUT2D eigenvalue weighted by atomic mass is 32.2. The minimum atomic E-state index is -0.545. The third-order valence-corrected chi connectivity index (χ3v) is 6.83. The zero-order chi connectivity index (χ0) is 14.8. The number of hydrogen-bond acceptors (Lipinski definition) is 4. The van der Waals surface area contributed by atoms with Gasteiger partial charge in [-0.2, -0.15) is 11.8 Å². The summed E-state index contributed by atoms with van der Waals surface area (Å²) in [5.74, 6) is 2.84. The summed E-state index contributed by atoms with van der Waals surface area (Å²) in [6, 6.07) is 0.509. The molecule has 0 aliphatic carbocycles. The van der Waals surface area contributed by atoms with Crippen LogP contribution in [0, 0.1) is 5.92 Å². The summed E-state index contributed by atoms with van der Waals surface area (Å²) in [5.41, 5.74) is -0.464. The maximum atomic E-state index is 11.1. The van der Waals surface area contributed by atoms with Crippen LogP contribution in [0.2, 0.25) is 0 Å². The highest BCUT2D eigenvalue weighted by Gasteiger charge is 2.45. The van der Waals surface area contributed by atoms with E-state index in [-0.39, 0.29) is 5.60 Å². The number of ether oxygens (including phenoxy) is 1. The standard InChI is InChI=1S/C17H31NO2S/c1-16(19,13-15-4-2-3-8-18-15)14-5-9-20-17(12-14)6-10-21-11-7-17/h14-15,18-19H,2-13H2,1H3. The molecule has 3 rings (SSSR count). The van der Waals surface area contributed by atoms with E-state index in [1.807, 2.05) is 11.8 Å². The smallest absolute Gasteiger partial charge is 0.0702 e. The average Bonchev–Trinajstić information content (AvgIpc) is 2.49. The largest absolute Gasteiger partial charge is 0.390 e. The van der Waals surface area contributed by atoms with Gasteiger partial charge in [0.25, 0.3) is 0 Å². The molecule has 122 valence electrons. The van der Waals surface area contributed by atoms with E-state index >= 15 is 0 Å². The van der Waals surface area contributed by atoms with E-state index in [4.69, 9.17) is 4.74 Å². The number of hydrogen-bond donors (Lipinski definition) is 2. The Labute approximate surface area is 133 Å². The Balaban J connectivity index is 1.60. The Morgan fingerprint density at radius 2 is 2.10 bits per heavy atom. The van der Waals surface area contributed by atoms with Gasteiger partial charge in [0.1, 0.15) is 0 Å². The van der Waals surface area contributed by atoms with Gasteiger partial charge >= 0.3 is 0 Å². The van der Waals surface area contributed by atoms with Gasteiger partial charge in [-0.05, 0) is 75.8 Å². The molecule has 3 nitrogen and oxygen atoms in total. The Morgan fingerprint density at radius 1 is 1.29 bits per heavy atom. The first kappa shape index (κ1) is 16.1. The van der Waals surface area contributed by atoms with E-state index in [0.717, 1.165) is 32.4 Å².